The molecule has 0 spiro atoms. The van der Waals surface area contributed by atoms with E-state index in [9.17, 15) is 18.4 Å². The number of nitrogen functional groups attached to an aromatic ring is 1. The minimum atomic E-state index is -4.59. The molecule has 0 bridgehead atoms. The summed E-state index contributed by atoms with van der Waals surface area (Å²) in [6, 6.07) is 3.54. The number of nitrogens with zero attached hydrogens (tertiary/aromatic N) is 3. The molecule has 1 atom stereocenters. The first kappa shape index (κ1) is 19.6. The molecule has 0 saturated heterocycles. The minimum Gasteiger partial charge on any atom is -0.383 e. The largest absolute Gasteiger partial charge is 0.416 e. The molecule has 0 fully saturated rings. The smallest absolute Gasteiger partial charge is 0.383 e. The quantitative estimate of drug-likeness (QED) is 0.625. The predicted octanol–water partition coefficient (Wildman–Crippen LogP) is 5.87. The fourth-order valence-corrected chi connectivity index (χ4v) is 3.86. The van der Waals surface area contributed by atoms with E-state index in [-0.39, 0.29) is 33.2 Å². The molecule has 3 rings (SSSR count). The lowest BCUT2D eigenvalue weighted by Crippen LogP contribution is -2.09. The predicted molar refractivity (Wildman–Crippen MR) is 98.1 cm³/mol. The Balaban J connectivity index is 2.15. The van der Waals surface area contributed by atoms with Crippen molar-refractivity contribution >= 4 is 29.0 Å². The van der Waals surface area contributed by atoms with Gasteiger partial charge in [0.1, 0.15) is 17.6 Å². The summed E-state index contributed by atoms with van der Waals surface area (Å²) in [5, 5.41) is 13.1. The maximum Gasteiger partial charge on any atom is 0.416 e. The molecule has 1 aromatic heterocycles. The van der Waals surface area contributed by atoms with Crippen LogP contribution in [0.3, 0.4) is 0 Å². The Hall–Kier alpha value is -2.17. The van der Waals surface area contributed by atoms with Gasteiger partial charge in [0.2, 0.25) is 0 Å². The zero-order chi connectivity index (χ0) is 19.8. The highest BCUT2D eigenvalue weighted by Crippen LogP contribution is 2.40. The lowest BCUT2D eigenvalue weighted by molar-refractivity contribution is -0.137. The van der Waals surface area contributed by atoms with Crippen molar-refractivity contribution in [1.82, 2.24) is 9.78 Å². The van der Waals surface area contributed by atoms with Crippen LogP contribution in [0.15, 0.2) is 24.3 Å². The Kier molecular flexibility index (Phi) is 5.41. The number of hydrogen-bond donors (Lipinski definition) is 1. The van der Waals surface area contributed by atoms with Gasteiger partial charge < -0.3 is 5.73 Å². The van der Waals surface area contributed by atoms with Gasteiger partial charge in [0.25, 0.3) is 0 Å². The van der Waals surface area contributed by atoms with Crippen molar-refractivity contribution in [1.29, 1.82) is 5.26 Å². The van der Waals surface area contributed by atoms with Crippen LogP contribution in [0.1, 0.15) is 48.4 Å². The van der Waals surface area contributed by atoms with Gasteiger partial charge in [-0.25, -0.2) is 4.68 Å². The van der Waals surface area contributed by atoms with Gasteiger partial charge in [0.15, 0.2) is 5.69 Å². The molecule has 1 unspecified atom stereocenters. The normalized spacial score (nSPS) is 17.6. The second kappa shape index (κ2) is 7.45. The summed E-state index contributed by atoms with van der Waals surface area (Å²) in [5.41, 5.74) is 5.93. The molecule has 0 aliphatic heterocycles. The second-order valence-electron chi connectivity index (χ2n) is 6.28. The monoisotopic (exact) mass is 414 g/mol. The van der Waals surface area contributed by atoms with Crippen molar-refractivity contribution in [3.8, 4) is 11.8 Å². The standard InChI is InChI=1S/C18H15Cl2F3N4/c19-12-7-11(18(21,22)23)8-13(20)16(12)27-17(25)15(14(9-24)26-27)10-5-3-1-2-4-6-10/h3,5,7-8,10H,1-2,4,6,25H2. The van der Waals surface area contributed by atoms with E-state index in [2.05, 4.69) is 5.10 Å². The van der Waals surface area contributed by atoms with E-state index in [4.69, 9.17) is 28.9 Å². The molecule has 1 aliphatic carbocycles. The van der Waals surface area contributed by atoms with Crippen molar-refractivity contribution in [3.05, 3.63) is 51.2 Å². The molecule has 2 N–H and O–H groups in total. The van der Waals surface area contributed by atoms with Crippen molar-refractivity contribution in [2.24, 2.45) is 0 Å². The van der Waals surface area contributed by atoms with Gasteiger partial charge in [0, 0.05) is 11.5 Å². The Bertz CT molecular complexity index is 918. The number of rotatable bonds is 2. The van der Waals surface area contributed by atoms with E-state index in [1.807, 2.05) is 18.2 Å². The van der Waals surface area contributed by atoms with E-state index in [0.29, 0.717) is 5.56 Å². The molecule has 27 heavy (non-hydrogen) atoms. The van der Waals surface area contributed by atoms with Crippen LogP contribution in [-0.2, 0) is 6.18 Å². The van der Waals surface area contributed by atoms with E-state index >= 15 is 0 Å². The number of allylic oxidation sites excluding steroid dienone is 2. The number of benzene rings is 1. The third kappa shape index (κ3) is 3.78. The van der Waals surface area contributed by atoms with Gasteiger partial charge in [0.05, 0.1) is 15.6 Å². The molecule has 0 radical (unpaired) electrons. The van der Waals surface area contributed by atoms with Gasteiger partial charge in [-0.3, -0.25) is 0 Å². The number of halogens is 5. The van der Waals surface area contributed by atoms with E-state index in [1.165, 1.54) is 0 Å². The number of hydrogen-bond acceptors (Lipinski definition) is 3. The van der Waals surface area contributed by atoms with Crippen molar-refractivity contribution in [2.75, 3.05) is 5.73 Å². The van der Waals surface area contributed by atoms with Crippen molar-refractivity contribution < 1.29 is 13.2 Å². The van der Waals surface area contributed by atoms with Crippen LogP contribution in [-0.4, -0.2) is 9.78 Å². The summed E-state index contributed by atoms with van der Waals surface area (Å²) in [5.74, 6) is 0.0505. The second-order valence-corrected chi connectivity index (χ2v) is 7.09. The molecular weight excluding hydrogens is 400 g/mol. The molecule has 9 heteroatoms. The molecule has 1 aliphatic rings. The Labute approximate surface area is 164 Å². The van der Waals surface area contributed by atoms with Crippen LogP contribution < -0.4 is 5.73 Å². The number of anilines is 1. The van der Waals surface area contributed by atoms with Gasteiger partial charge in [-0.15, -0.1) is 0 Å². The van der Waals surface area contributed by atoms with Crippen molar-refractivity contribution in [2.45, 2.75) is 37.8 Å². The first-order valence-corrected chi connectivity index (χ1v) is 9.01. The van der Waals surface area contributed by atoms with Crippen LogP contribution in [0.5, 0.6) is 0 Å². The summed E-state index contributed by atoms with van der Waals surface area (Å²) in [6.07, 6.45) is 3.19. The summed E-state index contributed by atoms with van der Waals surface area (Å²) in [7, 11) is 0. The van der Waals surface area contributed by atoms with Gasteiger partial charge in [-0.2, -0.15) is 23.5 Å². The van der Waals surface area contributed by atoms with Gasteiger partial charge >= 0.3 is 6.18 Å². The molecule has 0 saturated carbocycles. The Morgan fingerprint density at radius 1 is 1.22 bits per heavy atom. The topological polar surface area (TPSA) is 67.6 Å². The SMILES string of the molecule is N#Cc1nn(-c2c(Cl)cc(C(F)(F)F)cc2Cl)c(N)c1C1C=CCCCC1. The average molecular weight is 415 g/mol. The third-order valence-electron chi connectivity index (χ3n) is 4.50. The van der Waals surface area contributed by atoms with Crippen LogP contribution in [0.4, 0.5) is 19.0 Å². The highest BCUT2D eigenvalue weighted by atomic mass is 35.5. The number of alkyl halides is 3. The summed E-state index contributed by atoms with van der Waals surface area (Å²) < 4.78 is 40.0. The van der Waals surface area contributed by atoms with Crippen LogP contribution in [0, 0.1) is 11.3 Å². The first-order valence-electron chi connectivity index (χ1n) is 8.25. The first-order chi connectivity index (χ1) is 12.7. The zero-order valence-electron chi connectivity index (χ0n) is 14.0. The van der Waals surface area contributed by atoms with E-state index in [0.717, 1.165) is 42.5 Å². The fraction of sp³-hybridized carbons (Fsp3) is 0.333. The fourth-order valence-electron chi connectivity index (χ4n) is 3.22. The molecule has 142 valence electrons. The Morgan fingerprint density at radius 2 is 1.89 bits per heavy atom. The highest BCUT2D eigenvalue weighted by Gasteiger charge is 2.33. The maximum absolute atomic E-state index is 13.0. The molecular formula is C18H15Cl2F3N4. The highest BCUT2D eigenvalue weighted by molar-refractivity contribution is 6.38. The Morgan fingerprint density at radius 3 is 2.48 bits per heavy atom. The molecule has 0 amide bonds. The third-order valence-corrected chi connectivity index (χ3v) is 5.07. The number of aromatic nitrogens is 2. The van der Waals surface area contributed by atoms with Crippen molar-refractivity contribution in [3.63, 3.8) is 0 Å². The maximum atomic E-state index is 13.0. The number of nitrogens with two attached hydrogens (primary N) is 1. The van der Waals surface area contributed by atoms with Crippen LogP contribution >= 0.6 is 23.2 Å². The van der Waals surface area contributed by atoms with Crippen LogP contribution in [0.2, 0.25) is 10.0 Å². The van der Waals surface area contributed by atoms with Crippen LogP contribution in [0.25, 0.3) is 5.69 Å². The molecule has 2 aromatic rings. The van der Waals surface area contributed by atoms with Gasteiger partial charge in [-0.05, 0) is 31.4 Å². The van der Waals surface area contributed by atoms with E-state index < -0.39 is 11.7 Å². The average Bonchev–Trinajstić information content (AvgIpc) is 2.76. The zero-order valence-corrected chi connectivity index (χ0v) is 15.5. The summed E-state index contributed by atoms with van der Waals surface area (Å²) in [6.45, 7) is 0. The van der Waals surface area contributed by atoms with Gasteiger partial charge in [-0.1, -0.05) is 41.8 Å². The number of nitriles is 1. The van der Waals surface area contributed by atoms with E-state index in [1.54, 1.807) is 0 Å². The molecule has 1 aromatic carbocycles. The minimum absolute atomic E-state index is 0.0178. The summed E-state index contributed by atoms with van der Waals surface area (Å²) >= 11 is 12.1. The summed E-state index contributed by atoms with van der Waals surface area (Å²) in [4.78, 5) is 0. The molecule has 4 nitrogen and oxygen atoms in total. The lowest BCUT2D eigenvalue weighted by atomic mass is 9.94. The molecule has 1 heterocycles. The lowest BCUT2D eigenvalue weighted by Gasteiger charge is -2.14.